The van der Waals surface area contributed by atoms with Crippen molar-refractivity contribution in [1.29, 1.82) is 0 Å². The van der Waals surface area contributed by atoms with Crippen LogP contribution in [0.5, 0.6) is 0 Å². The third-order valence-electron chi connectivity index (χ3n) is 2.07. The minimum atomic E-state index is -0.0725. The van der Waals surface area contributed by atoms with Gasteiger partial charge in [0.25, 0.3) is 0 Å². The number of nitrogens with one attached hydrogen (secondary N) is 2. The van der Waals surface area contributed by atoms with Gasteiger partial charge in [0.1, 0.15) is 6.26 Å². The molecule has 1 aliphatic rings. The quantitative estimate of drug-likeness (QED) is 0.691. The first-order valence-electron chi connectivity index (χ1n) is 4.31. The molecule has 70 valence electrons. The topological polar surface area (TPSA) is 67.2 Å². The number of carbonyl (C=O) groups is 1. The predicted molar refractivity (Wildman–Crippen MR) is 46.2 cm³/mol. The number of hydrogen-bond acceptors (Lipinski definition) is 4. The molecule has 1 amide bonds. The molecule has 2 N–H and O–H groups in total. The molecule has 1 unspecified atom stereocenters. The molecule has 5 nitrogen and oxygen atoms in total. The Labute approximate surface area is 75.5 Å². The van der Waals surface area contributed by atoms with Gasteiger partial charge < -0.3 is 15.2 Å². The van der Waals surface area contributed by atoms with Crippen molar-refractivity contribution in [1.82, 2.24) is 10.5 Å². The van der Waals surface area contributed by atoms with Crippen LogP contribution in [0.25, 0.3) is 0 Å². The predicted octanol–water partition coefficient (Wildman–Crippen LogP) is 0.365. The first kappa shape index (κ1) is 8.25. The Hall–Kier alpha value is -1.36. The summed E-state index contributed by atoms with van der Waals surface area (Å²) in [6, 6.07) is 1.55. The molecular formula is C8H11N3O2. The second-order valence-electron chi connectivity index (χ2n) is 3.02. The fourth-order valence-electron chi connectivity index (χ4n) is 1.40. The van der Waals surface area contributed by atoms with Crippen molar-refractivity contribution >= 4 is 11.7 Å². The smallest absolute Gasteiger partial charge is 0.242 e. The molecule has 0 radical (unpaired) electrons. The first-order valence-corrected chi connectivity index (χ1v) is 4.31. The van der Waals surface area contributed by atoms with E-state index in [-0.39, 0.29) is 11.9 Å². The molecule has 2 heterocycles. The summed E-state index contributed by atoms with van der Waals surface area (Å²) >= 11 is 0. The van der Waals surface area contributed by atoms with Gasteiger partial charge in [-0.15, -0.1) is 0 Å². The van der Waals surface area contributed by atoms with Gasteiger partial charge in [-0.1, -0.05) is 5.16 Å². The van der Waals surface area contributed by atoms with Crippen LogP contribution < -0.4 is 10.6 Å². The van der Waals surface area contributed by atoms with Crippen LogP contribution in [-0.2, 0) is 4.79 Å². The maximum atomic E-state index is 11.5. The summed E-state index contributed by atoms with van der Waals surface area (Å²) in [7, 11) is 0. The van der Waals surface area contributed by atoms with Crippen molar-refractivity contribution in [2.45, 2.75) is 18.9 Å². The SMILES string of the molecule is O=C(Nc1ccon1)C1CCCN1. The van der Waals surface area contributed by atoms with E-state index in [0.29, 0.717) is 5.82 Å². The van der Waals surface area contributed by atoms with Crippen molar-refractivity contribution in [2.75, 3.05) is 11.9 Å². The number of carbonyl (C=O) groups excluding carboxylic acids is 1. The molecule has 13 heavy (non-hydrogen) atoms. The highest BCUT2D eigenvalue weighted by Crippen LogP contribution is 2.08. The van der Waals surface area contributed by atoms with Gasteiger partial charge in [0.15, 0.2) is 5.82 Å². The van der Waals surface area contributed by atoms with E-state index in [2.05, 4.69) is 20.3 Å². The number of rotatable bonds is 2. The highest BCUT2D eigenvalue weighted by Gasteiger charge is 2.22. The van der Waals surface area contributed by atoms with E-state index < -0.39 is 0 Å². The van der Waals surface area contributed by atoms with Crippen molar-refractivity contribution in [3.05, 3.63) is 12.3 Å². The summed E-state index contributed by atoms with van der Waals surface area (Å²) in [5.74, 6) is 0.435. The normalized spacial score (nSPS) is 21.7. The summed E-state index contributed by atoms with van der Waals surface area (Å²) in [5, 5.41) is 9.35. The average Bonchev–Trinajstić information content (AvgIpc) is 2.74. The molecule has 1 fully saturated rings. The van der Waals surface area contributed by atoms with Crippen molar-refractivity contribution in [2.24, 2.45) is 0 Å². The maximum Gasteiger partial charge on any atom is 0.242 e. The molecule has 1 aromatic heterocycles. The van der Waals surface area contributed by atoms with Gasteiger partial charge >= 0.3 is 0 Å². The van der Waals surface area contributed by atoms with E-state index in [0.717, 1.165) is 19.4 Å². The molecule has 0 saturated carbocycles. The van der Waals surface area contributed by atoms with Crippen molar-refractivity contribution < 1.29 is 9.32 Å². The maximum absolute atomic E-state index is 11.5. The summed E-state index contributed by atoms with van der Waals surface area (Å²) in [6.07, 6.45) is 3.37. The Kier molecular flexibility index (Phi) is 2.27. The van der Waals surface area contributed by atoms with E-state index in [1.807, 2.05) is 0 Å². The number of hydrogen-bond donors (Lipinski definition) is 2. The fourth-order valence-corrected chi connectivity index (χ4v) is 1.40. The highest BCUT2D eigenvalue weighted by atomic mass is 16.5. The van der Waals surface area contributed by atoms with Crippen LogP contribution >= 0.6 is 0 Å². The molecule has 5 heteroatoms. The van der Waals surface area contributed by atoms with Gasteiger partial charge in [0, 0.05) is 6.07 Å². The second kappa shape index (κ2) is 3.57. The zero-order valence-corrected chi connectivity index (χ0v) is 7.12. The van der Waals surface area contributed by atoms with Gasteiger partial charge in [-0.25, -0.2) is 0 Å². The molecular weight excluding hydrogens is 170 g/mol. The average molecular weight is 181 g/mol. The first-order chi connectivity index (χ1) is 6.36. The number of aromatic nitrogens is 1. The standard InChI is InChI=1S/C8H11N3O2/c12-8(6-2-1-4-9-6)10-7-3-5-13-11-7/h3,5-6,9H,1-2,4H2,(H,10,11,12). The molecule has 1 atom stereocenters. The van der Waals surface area contributed by atoms with E-state index in [1.54, 1.807) is 6.07 Å². The molecule has 1 saturated heterocycles. The minimum Gasteiger partial charge on any atom is -0.363 e. The van der Waals surface area contributed by atoms with Crippen LogP contribution in [-0.4, -0.2) is 23.7 Å². The molecule has 0 spiro atoms. The number of anilines is 1. The summed E-state index contributed by atoms with van der Waals surface area (Å²) in [6.45, 7) is 0.914. The summed E-state index contributed by atoms with van der Waals surface area (Å²) in [4.78, 5) is 11.5. The van der Waals surface area contributed by atoms with Crippen LogP contribution in [0.1, 0.15) is 12.8 Å². The molecule has 1 aromatic rings. The largest absolute Gasteiger partial charge is 0.363 e. The zero-order chi connectivity index (χ0) is 9.10. The lowest BCUT2D eigenvalue weighted by atomic mass is 10.2. The van der Waals surface area contributed by atoms with Crippen LogP contribution in [0.15, 0.2) is 16.9 Å². The summed E-state index contributed by atoms with van der Waals surface area (Å²) < 4.78 is 4.59. The Balaban J connectivity index is 1.91. The van der Waals surface area contributed by atoms with Gasteiger partial charge in [-0.2, -0.15) is 0 Å². The van der Waals surface area contributed by atoms with Gasteiger partial charge in [-0.05, 0) is 19.4 Å². The highest BCUT2D eigenvalue weighted by molar-refractivity contribution is 5.94. The minimum absolute atomic E-state index is 0.0357. The lowest BCUT2D eigenvalue weighted by Crippen LogP contribution is -2.35. The second-order valence-corrected chi connectivity index (χ2v) is 3.02. The number of amides is 1. The molecule has 1 aliphatic heterocycles. The van der Waals surface area contributed by atoms with Crippen LogP contribution in [0.4, 0.5) is 5.82 Å². The van der Waals surface area contributed by atoms with Gasteiger partial charge in [-0.3, -0.25) is 4.79 Å². The van der Waals surface area contributed by atoms with Crippen molar-refractivity contribution in [3.63, 3.8) is 0 Å². The van der Waals surface area contributed by atoms with E-state index in [1.165, 1.54) is 6.26 Å². The lowest BCUT2D eigenvalue weighted by molar-refractivity contribution is -0.117. The van der Waals surface area contributed by atoms with Gasteiger partial charge in [0.2, 0.25) is 5.91 Å². The van der Waals surface area contributed by atoms with E-state index >= 15 is 0 Å². The zero-order valence-electron chi connectivity index (χ0n) is 7.12. The van der Waals surface area contributed by atoms with E-state index in [4.69, 9.17) is 0 Å². The number of nitrogens with zero attached hydrogens (tertiary/aromatic N) is 1. The molecule has 0 aliphatic carbocycles. The lowest BCUT2D eigenvalue weighted by Gasteiger charge is -2.07. The third-order valence-corrected chi connectivity index (χ3v) is 2.07. The van der Waals surface area contributed by atoms with E-state index in [9.17, 15) is 4.79 Å². The Morgan fingerprint density at radius 3 is 3.31 bits per heavy atom. The Morgan fingerprint density at radius 2 is 2.69 bits per heavy atom. The van der Waals surface area contributed by atoms with Crippen LogP contribution in [0.2, 0.25) is 0 Å². The summed E-state index contributed by atoms with van der Waals surface area (Å²) in [5.41, 5.74) is 0. The Morgan fingerprint density at radius 1 is 1.77 bits per heavy atom. The molecule has 0 aromatic carbocycles. The molecule has 0 bridgehead atoms. The third kappa shape index (κ3) is 1.86. The van der Waals surface area contributed by atoms with Crippen LogP contribution in [0.3, 0.4) is 0 Å². The van der Waals surface area contributed by atoms with Crippen LogP contribution in [0, 0.1) is 0 Å². The van der Waals surface area contributed by atoms with Crippen molar-refractivity contribution in [3.8, 4) is 0 Å². The molecule has 2 rings (SSSR count). The Bertz CT molecular complexity index is 278. The monoisotopic (exact) mass is 181 g/mol. The fraction of sp³-hybridized carbons (Fsp3) is 0.500. The van der Waals surface area contributed by atoms with Gasteiger partial charge in [0.05, 0.1) is 6.04 Å².